The van der Waals surface area contributed by atoms with E-state index >= 15 is 0 Å². The van der Waals surface area contributed by atoms with Crippen LogP contribution in [-0.2, 0) is 16.6 Å². The molecule has 0 saturated carbocycles. The van der Waals surface area contributed by atoms with Crippen LogP contribution >= 0.6 is 0 Å². The highest BCUT2D eigenvalue weighted by atomic mass is 16.4. The molecule has 160 valence electrons. The normalized spacial score (nSPS) is 17.9. The number of amides is 1. The van der Waals surface area contributed by atoms with Gasteiger partial charge in [0.15, 0.2) is 0 Å². The molecule has 1 heterocycles. The lowest BCUT2D eigenvalue weighted by molar-refractivity contribution is -0.127. The number of carbonyl (C=O) groups is 2. The summed E-state index contributed by atoms with van der Waals surface area (Å²) in [6.07, 6.45) is 2.11. The van der Waals surface area contributed by atoms with Gasteiger partial charge in [0.2, 0.25) is 5.91 Å². The molecule has 2 aromatic carbocycles. The Labute approximate surface area is 178 Å². The van der Waals surface area contributed by atoms with E-state index in [9.17, 15) is 14.7 Å². The molecule has 1 fully saturated rings. The van der Waals surface area contributed by atoms with Gasteiger partial charge in [-0.15, -0.1) is 0 Å². The third-order valence-electron chi connectivity index (χ3n) is 6.28. The lowest BCUT2D eigenvalue weighted by atomic mass is 9.79. The molecule has 1 aliphatic heterocycles. The quantitative estimate of drug-likeness (QED) is 0.659. The second-order valence-corrected chi connectivity index (χ2v) is 8.91. The molecule has 0 radical (unpaired) electrons. The minimum atomic E-state index is -0.941. The Balaban J connectivity index is 1.49. The summed E-state index contributed by atoms with van der Waals surface area (Å²) in [6, 6.07) is 17.1. The fourth-order valence-corrected chi connectivity index (χ4v) is 4.13. The van der Waals surface area contributed by atoms with Gasteiger partial charge < -0.3 is 15.1 Å². The summed E-state index contributed by atoms with van der Waals surface area (Å²) in [5, 5.41) is 19.7. The van der Waals surface area contributed by atoms with Gasteiger partial charge in [-0.1, -0.05) is 56.3 Å². The van der Waals surface area contributed by atoms with Crippen molar-refractivity contribution in [2.45, 2.75) is 51.0 Å². The lowest BCUT2D eigenvalue weighted by Crippen LogP contribution is -2.30. The second kappa shape index (κ2) is 9.43. The van der Waals surface area contributed by atoms with Crippen molar-refractivity contribution in [1.82, 2.24) is 4.90 Å². The maximum absolute atomic E-state index is 12.4. The molecular formula is C25H31NO4. The minimum absolute atomic E-state index is 0.0212. The highest BCUT2D eigenvalue weighted by molar-refractivity contribution is 5.87. The summed E-state index contributed by atoms with van der Waals surface area (Å²) >= 11 is 0. The zero-order chi connectivity index (χ0) is 21.7. The van der Waals surface area contributed by atoms with E-state index in [2.05, 4.69) is 26.0 Å². The highest BCUT2D eigenvalue weighted by Gasteiger charge is 2.34. The van der Waals surface area contributed by atoms with Crippen molar-refractivity contribution in [3.05, 3.63) is 71.3 Å². The number of hydrogen-bond acceptors (Lipinski definition) is 3. The average Bonchev–Trinajstić information content (AvgIpc) is 3.12. The summed E-state index contributed by atoms with van der Waals surface area (Å²) in [6.45, 7) is 5.55. The molecule has 5 nitrogen and oxygen atoms in total. The van der Waals surface area contributed by atoms with Gasteiger partial charge >= 0.3 is 5.97 Å². The van der Waals surface area contributed by atoms with Crippen LogP contribution in [0.15, 0.2) is 54.6 Å². The van der Waals surface area contributed by atoms with Crippen LogP contribution in [0.1, 0.15) is 54.6 Å². The number of carboxylic acids is 1. The van der Waals surface area contributed by atoms with Gasteiger partial charge in [-0.25, -0.2) is 4.79 Å². The summed E-state index contributed by atoms with van der Waals surface area (Å²) < 4.78 is 0. The first-order valence-corrected chi connectivity index (χ1v) is 10.6. The molecule has 1 saturated heterocycles. The Morgan fingerprint density at radius 3 is 2.43 bits per heavy atom. The van der Waals surface area contributed by atoms with Gasteiger partial charge in [-0.05, 0) is 47.9 Å². The van der Waals surface area contributed by atoms with Crippen LogP contribution in [0.4, 0.5) is 0 Å². The standard InChI is InChI=1S/C25H31NO4/c1-25(2,21-6-4-3-5-7-21)14-12-22(27)20-16-23(28)26(17-20)15-13-18-8-10-19(11-9-18)24(29)30/h3-11,20,22,27H,12-17H2,1-2H3,(H,29,30). The Morgan fingerprint density at radius 2 is 1.80 bits per heavy atom. The Bertz CT molecular complexity index is 860. The first-order valence-electron chi connectivity index (χ1n) is 10.6. The third kappa shape index (κ3) is 5.48. The van der Waals surface area contributed by atoms with Crippen molar-refractivity contribution in [2.75, 3.05) is 13.1 Å². The van der Waals surface area contributed by atoms with Crippen LogP contribution < -0.4 is 0 Å². The Kier molecular flexibility index (Phi) is 6.93. The SMILES string of the molecule is CC(C)(CCC(O)C1CC(=O)N(CCc2ccc(C(=O)O)cc2)C1)c1ccccc1. The molecule has 1 amide bonds. The van der Waals surface area contributed by atoms with Crippen molar-refractivity contribution < 1.29 is 19.8 Å². The van der Waals surface area contributed by atoms with Crippen molar-refractivity contribution in [1.29, 1.82) is 0 Å². The van der Waals surface area contributed by atoms with E-state index in [1.165, 1.54) is 5.56 Å². The van der Waals surface area contributed by atoms with Crippen LogP contribution in [0.5, 0.6) is 0 Å². The maximum atomic E-state index is 12.4. The van der Waals surface area contributed by atoms with Gasteiger partial charge in [0.25, 0.3) is 0 Å². The number of carbonyl (C=O) groups excluding carboxylic acids is 1. The summed E-state index contributed by atoms with van der Waals surface area (Å²) in [7, 11) is 0. The molecule has 2 N–H and O–H groups in total. The Hall–Kier alpha value is -2.66. The van der Waals surface area contributed by atoms with Crippen LogP contribution in [0.2, 0.25) is 0 Å². The fourth-order valence-electron chi connectivity index (χ4n) is 4.13. The topological polar surface area (TPSA) is 77.8 Å². The number of likely N-dealkylation sites (tertiary alicyclic amines) is 1. The van der Waals surface area contributed by atoms with Crippen molar-refractivity contribution >= 4 is 11.9 Å². The monoisotopic (exact) mass is 409 g/mol. The van der Waals surface area contributed by atoms with Gasteiger partial charge in [-0.3, -0.25) is 4.79 Å². The molecule has 0 bridgehead atoms. The lowest BCUT2D eigenvalue weighted by Gasteiger charge is -2.28. The minimum Gasteiger partial charge on any atom is -0.478 e. The molecular weight excluding hydrogens is 378 g/mol. The summed E-state index contributed by atoms with van der Waals surface area (Å²) in [4.78, 5) is 25.2. The number of hydrogen-bond donors (Lipinski definition) is 2. The third-order valence-corrected chi connectivity index (χ3v) is 6.28. The smallest absolute Gasteiger partial charge is 0.335 e. The summed E-state index contributed by atoms with van der Waals surface area (Å²) in [5.74, 6) is -0.884. The number of nitrogens with zero attached hydrogens (tertiary/aromatic N) is 1. The first kappa shape index (κ1) is 22.0. The molecule has 5 heteroatoms. The van der Waals surface area contributed by atoms with Crippen molar-refractivity contribution in [3.8, 4) is 0 Å². The van der Waals surface area contributed by atoms with Gasteiger partial charge in [0.1, 0.15) is 0 Å². The molecule has 0 aliphatic carbocycles. The zero-order valence-electron chi connectivity index (χ0n) is 17.8. The molecule has 0 spiro atoms. The number of aliphatic hydroxyl groups is 1. The van der Waals surface area contributed by atoms with Crippen molar-refractivity contribution in [3.63, 3.8) is 0 Å². The Morgan fingerprint density at radius 1 is 1.13 bits per heavy atom. The van der Waals surface area contributed by atoms with E-state index in [4.69, 9.17) is 5.11 Å². The van der Waals surface area contributed by atoms with E-state index in [-0.39, 0.29) is 22.8 Å². The molecule has 2 atom stereocenters. The van der Waals surface area contributed by atoms with E-state index in [0.717, 1.165) is 12.0 Å². The molecule has 30 heavy (non-hydrogen) atoms. The number of rotatable bonds is 9. The second-order valence-electron chi connectivity index (χ2n) is 8.91. The van der Waals surface area contributed by atoms with Crippen LogP contribution in [-0.4, -0.2) is 46.2 Å². The van der Waals surface area contributed by atoms with E-state index < -0.39 is 12.1 Å². The van der Waals surface area contributed by atoms with Gasteiger partial charge in [-0.2, -0.15) is 0 Å². The summed E-state index contributed by atoms with van der Waals surface area (Å²) in [5.41, 5.74) is 2.50. The van der Waals surface area contributed by atoms with Gasteiger partial charge in [0.05, 0.1) is 11.7 Å². The van der Waals surface area contributed by atoms with Crippen molar-refractivity contribution in [2.24, 2.45) is 5.92 Å². The van der Waals surface area contributed by atoms with E-state index in [1.54, 1.807) is 24.3 Å². The molecule has 2 unspecified atom stereocenters. The number of aromatic carboxylic acids is 1. The van der Waals surface area contributed by atoms with Gasteiger partial charge in [0, 0.05) is 25.4 Å². The predicted octanol–water partition coefficient (Wildman–Crippen LogP) is 3.89. The van der Waals surface area contributed by atoms with E-state index in [1.807, 2.05) is 23.1 Å². The van der Waals surface area contributed by atoms with Crippen LogP contribution in [0.3, 0.4) is 0 Å². The molecule has 3 rings (SSSR count). The zero-order valence-corrected chi connectivity index (χ0v) is 17.8. The molecule has 2 aromatic rings. The maximum Gasteiger partial charge on any atom is 0.335 e. The average molecular weight is 410 g/mol. The fraction of sp³-hybridized carbons (Fsp3) is 0.440. The van der Waals surface area contributed by atoms with Crippen LogP contribution in [0, 0.1) is 5.92 Å². The molecule has 1 aliphatic rings. The number of benzene rings is 2. The number of carboxylic acid groups (broad SMARTS) is 1. The largest absolute Gasteiger partial charge is 0.478 e. The number of aliphatic hydroxyl groups excluding tert-OH is 1. The first-order chi connectivity index (χ1) is 14.3. The van der Waals surface area contributed by atoms with Crippen LogP contribution in [0.25, 0.3) is 0 Å². The molecule has 0 aromatic heterocycles. The van der Waals surface area contributed by atoms with E-state index in [0.29, 0.717) is 32.4 Å². The highest BCUT2D eigenvalue weighted by Crippen LogP contribution is 2.31. The predicted molar refractivity (Wildman–Crippen MR) is 117 cm³/mol.